The lowest BCUT2D eigenvalue weighted by Gasteiger charge is -2.24. The number of hydrogen-bond acceptors (Lipinski definition) is 4. The highest BCUT2D eigenvalue weighted by atomic mass is 35.5. The van der Waals surface area contributed by atoms with E-state index >= 15 is 0 Å². The van der Waals surface area contributed by atoms with Gasteiger partial charge in [0.1, 0.15) is 11.3 Å². The summed E-state index contributed by atoms with van der Waals surface area (Å²) in [6.07, 6.45) is 4.04. The number of rotatable bonds is 2. The third-order valence-corrected chi connectivity index (χ3v) is 3.52. The fraction of sp³-hybridized carbons (Fsp3) is 0.615. The summed E-state index contributed by atoms with van der Waals surface area (Å²) in [6.45, 7) is 7.01. The maximum Gasteiger partial charge on any atom is 0.225 e. The zero-order valence-corrected chi connectivity index (χ0v) is 12.1. The summed E-state index contributed by atoms with van der Waals surface area (Å²) in [6, 6.07) is 0. The van der Waals surface area contributed by atoms with Crippen LogP contribution in [0.15, 0.2) is 12.5 Å². The van der Waals surface area contributed by atoms with Crippen LogP contribution < -0.4 is 4.90 Å². The lowest BCUT2D eigenvalue weighted by molar-refractivity contribution is -0.134. The summed E-state index contributed by atoms with van der Waals surface area (Å²) in [4.78, 5) is 24.2. The largest absolute Gasteiger partial charge is 0.353 e. The van der Waals surface area contributed by atoms with Gasteiger partial charge < -0.3 is 9.80 Å². The first kappa shape index (κ1) is 14.1. The Balaban J connectivity index is 2.05. The van der Waals surface area contributed by atoms with E-state index in [1.165, 1.54) is 6.33 Å². The minimum Gasteiger partial charge on any atom is -0.353 e. The third-order valence-electron chi connectivity index (χ3n) is 3.25. The van der Waals surface area contributed by atoms with Gasteiger partial charge in [-0.3, -0.25) is 4.79 Å². The number of nitrogens with zero attached hydrogens (tertiary/aromatic N) is 4. The maximum absolute atomic E-state index is 12.0. The second-order valence-electron chi connectivity index (χ2n) is 5.01. The molecule has 2 rings (SSSR count). The molecule has 19 heavy (non-hydrogen) atoms. The molecular weight excluding hydrogens is 264 g/mol. The lowest BCUT2D eigenvalue weighted by Crippen LogP contribution is -2.37. The molecule has 0 atom stereocenters. The molecule has 0 spiro atoms. The number of anilines is 1. The second-order valence-corrected chi connectivity index (χ2v) is 5.42. The molecule has 1 aromatic rings. The van der Waals surface area contributed by atoms with E-state index in [1.54, 1.807) is 6.20 Å². The molecule has 0 radical (unpaired) electrons. The van der Waals surface area contributed by atoms with Crippen LogP contribution >= 0.6 is 11.6 Å². The molecule has 104 valence electrons. The second kappa shape index (κ2) is 6.19. The van der Waals surface area contributed by atoms with Crippen molar-refractivity contribution in [3.63, 3.8) is 0 Å². The van der Waals surface area contributed by atoms with Crippen LogP contribution in [0.3, 0.4) is 0 Å². The average Bonchev–Trinajstić information content (AvgIpc) is 2.64. The smallest absolute Gasteiger partial charge is 0.225 e. The van der Waals surface area contributed by atoms with Crippen molar-refractivity contribution in [3.8, 4) is 0 Å². The van der Waals surface area contributed by atoms with Gasteiger partial charge in [0.2, 0.25) is 5.91 Å². The Morgan fingerprint density at radius 1 is 1.32 bits per heavy atom. The fourth-order valence-electron chi connectivity index (χ4n) is 2.25. The summed E-state index contributed by atoms with van der Waals surface area (Å²) < 4.78 is 0. The Kier molecular flexibility index (Phi) is 4.58. The molecule has 2 heterocycles. The molecule has 1 amide bonds. The van der Waals surface area contributed by atoms with Crippen molar-refractivity contribution < 1.29 is 4.79 Å². The average molecular weight is 283 g/mol. The van der Waals surface area contributed by atoms with Crippen LogP contribution in [0.5, 0.6) is 0 Å². The van der Waals surface area contributed by atoms with Gasteiger partial charge in [-0.25, -0.2) is 9.97 Å². The van der Waals surface area contributed by atoms with Gasteiger partial charge in [-0.05, 0) is 6.42 Å². The molecule has 0 saturated carbocycles. The molecule has 0 aliphatic carbocycles. The van der Waals surface area contributed by atoms with Crippen molar-refractivity contribution in [2.75, 3.05) is 31.1 Å². The SMILES string of the molecule is CC(C)C(=O)N1CCCN(c2ncncc2Cl)CC1. The standard InChI is InChI=1S/C13H19ClN4O/c1-10(2)13(19)18-5-3-4-17(6-7-18)12-11(14)8-15-9-16-12/h8-10H,3-7H2,1-2H3. The quantitative estimate of drug-likeness (QED) is 0.830. The Hall–Kier alpha value is -1.36. The zero-order chi connectivity index (χ0) is 13.8. The van der Waals surface area contributed by atoms with Crippen LogP contribution in [0.2, 0.25) is 5.02 Å². The van der Waals surface area contributed by atoms with Gasteiger partial charge in [-0.15, -0.1) is 0 Å². The lowest BCUT2D eigenvalue weighted by atomic mass is 10.2. The van der Waals surface area contributed by atoms with Gasteiger partial charge in [-0.1, -0.05) is 25.4 Å². The molecular formula is C13H19ClN4O. The molecule has 0 unspecified atom stereocenters. The molecule has 5 nitrogen and oxygen atoms in total. The first-order chi connectivity index (χ1) is 9.09. The summed E-state index contributed by atoms with van der Waals surface area (Å²) in [7, 11) is 0. The first-order valence-electron chi connectivity index (χ1n) is 6.59. The monoisotopic (exact) mass is 282 g/mol. The van der Waals surface area contributed by atoms with E-state index in [0.29, 0.717) is 5.02 Å². The zero-order valence-electron chi connectivity index (χ0n) is 11.3. The van der Waals surface area contributed by atoms with E-state index < -0.39 is 0 Å². The summed E-state index contributed by atoms with van der Waals surface area (Å²) in [5.41, 5.74) is 0. The first-order valence-corrected chi connectivity index (χ1v) is 6.96. The van der Waals surface area contributed by atoms with Crippen molar-refractivity contribution in [2.45, 2.75) is 20.3 Å². The van der Waals surface area contributed by atoms with Crippen molar-refractivity contribution in [2.24, 2.45) is 5.92 Å². The highest BCUT2D eigenvalue weighted by Gasteiger charge is 2.22. The number of carbonyl (C=O) groups excluding carboxylic acids is 1. The van der Waals surface area contributed by atoms with Crippen LogP contribution in [0.1, 0.15) is 20.3 Å². The minimum absolute atomic E-state index is 0.0502. The van der Waals surface area contributed by atoms with E-state index in [2.05, 4.69) is 14.9 Å². The van der Waals surface area contributed by atoms with E-state index in [9.17, 15) is 4.79 Å². The Morgan fingerprint density at radius 3 is 2.79 bits per heavy atom. The molecule has 1 aliphatic rings. The molecule has 1 aromatic heterocycles. The molecule has 1 aliphatic heterocycles. The van der Waals surface area contributed by atoms with Crippen LogP contribution in [0.4, 0.5) is 5.82 Å². The van der Waals surface area contributed by atoms with Gasteiger partial charge in [-0.2, -0.15) is 0 Å². The van der Waals surface area contributed by atoms with E-state index in [0.717, 1.165) is 38.4 Å². The van der Waals surface area contributed by atoms with Crippen LogP contribution in [-0.2, 0) is 4.79 Å². The molecule has 1 saturated heterocycles. The molecule has 0 bridgehead atoms. The Bertz CT molecular complexity index is 452. The number of hydrogen-bond donors (Lipinski definition) is 0. The minimum atomic E-state index is 0.0502. The molecule has 0 N–H and O–H groups in total. The number of aromatic nitrogens is 2. The van der Waals surface area contributed by atoms with Gasteiger partial charge in [0.05, 0.1) is 6.20 Å². The highest BCUT2D eigenvalue weighted by Crippen LogP contribution is 2.22. The third kappa shape index (κ3) is 3.35. The Morgan fingerprint density at radius 2 is 2.11 bits per heavy atom. The number of halogens is 1. The van der Waals surface area contributed by atoms with E-state index in [-0.39, 0.29) is 11.8 Å². The van der Waals surface area contributed by atoms with Crippen molar-refractivity contribution >= 4 is 23.3 Å². The summed E-state index contributed by atoms with van der Waals surface area (Å²) in [5, 5.41) is 0.561. The van der Waals surface area contributed by atoms with Crippen LogP contribution in [0, 0.1) is 5.92 Å². The molecule has 0 aromatic carbocycles. The van der Waals surface area contributed by atoms with Gasteiger partial charge in [0, 0.05) is 32.1 Å². The summed E-state index contributed by atoms with van der Waals surface area (Å²) in [5.74, 6) is 1.03. The van der Waals surface area contributed by atoms with Crippen LogP contribution in [0.25, 0.3) is 0 Å². The summed E-state index contributed by atoms with van der Waals surface area (Å²) >= 11 is 6.11. The predicted octanol–water partition coefficient (Wildman–Crippen LogP) is 1.82. The van der Waals surface area contributed by atoms with Crippen molar-refractivity contribution in [1.29, 1.82) is 0 Å². The van der Waals surface area contributed by atoms with Crippen molar-refractivity contribution in [3.05, 3.63) is 17.5 Å². The molecule has 1 fully saturated rings. The van der Waals surface area contributed by atoms with E-state index in [4.69, 9.17) is 11.6 Å². The van der Waals surface area contributed by atoms with Crippen molar-refractivity contribution in [1.82, 2.24) is 14.9 Å². The van der Waals surface area contributed by atoms with E-state index in [1.807, 2.05) is 18.7 Å². The highest BCUT2D eigenvalue weighted by molar-refractivity contribution is 6.32. The maximum atomic E-state index is 12.0. The van der Waals surface area contributed by atoms with Crippen LogP contribution in [-0.4, -0.2) is 47.0 Å². The normalized spacial score (nSPS) is 16.6. The van der Waals surface area contributed by atoms with Gasteiger partial charge >= 0.3 is 0 Å². The number of amides is 1. The topological polar surface area (TPSA) is 49.3 Å². The van der Waals surface area contributed by atoms with Gasteiger partial charge in [0.25, 0.3) is 0 Å². The predicted molar refractivity (Wildman–Crippen MR) is 75.3 cm³/mol. The fourth-order valence-corrected chi connectivity index (χ4v) is 2.48. The number of carbonyl (C=O) groups is 1. The Labute approximate surface area is 118 Å². The molecule has 6 heteroatoms. The van der Waals surface area contributed by atoms with Gasteiger partial charge in [0.15, 0.2) is 5.82 Å².